The monoisotopic (exact) mass is 455 g/mol. The molecule has 0 spiro atoms. The van der Waals surface area contributed by atoms with E-state index in [9.17, 15) is 4.79 Å². The summed E-state index contributed by atoms with van der Waals surface area (Å²) in [5.41, 5.74) is 0.935. The third-order valence-electron chi connectivity index (χ3n) is 5.77. The van der Waals surface area contributed by atoms with Gasteiger partial charge in [0.25, 0.3) is 5.19 Å². The van der Waals surface area contributed by atoms with E-state index in [2.05, 4.69) is 21.8 Å². The van der Waals surface area contributed by atoms with Gasteiger partial charge in [-0.05, 0) is 69.4 Å². The molecular formula is C24H29N3O4S. The van der Waals surface area contributed by atoms with E-state index in [1.165, 1.54) is 11.3 Å². The number of fused-ring (bicyclic) bond motifs is 1. The Labute approximate surface area is 192 Å². The van der Waals surface area contributed by atoms with Crippen LogP contribution in [0.2, 0.25) is 0 Å². The highest BCUT2D eigenvalue weighted by molar-refractivity contribution is 7.20. The van der Waals surface area contributed by atoms with Crippen LogP contribution in [-0.2, 0) is 4.79 Å². The van der Waals surface area contributed by atoms with Crippen molar-refractivity contribution in [1.82, 2.24) is 14.8 Å². The Morgan fingerprint density at radius 1 is 1.12 bits per heavy atom. The topological polar surface area (TPSA) is 75.1 Å². The van der Waals surface area contributed by atoms with Gasteiger partial charge in [-0.3, -0.25) is 9.69 Å². The maximum atomic E-state index is 11.1. The van der Waals surface area contributed by atoms with Crippen LogP contribution in [0, 0.1) is 0 Å². The van der Waals surface area contributed by atoms with Gasteiger partial charge in [-0.15, -0.1) is 0 Å². The molecule has 1 fully saturated rings. The van der Waals surface area contributed by atoms with Crippen molar-refractivity contribution in [3.63, 3.8) is 0 Å². The minimum atomic E-state index is -0.757. The van der Waals surface area contributed by atoms with Crippen LogP contribution in [-0.4, -0.2) is 71.7 Å². The number of nitrogens with zero attached hydrogens (tertiary/aromatic N) is 3. The van der Waals surface area contributed by atoms with Crippen molar-refractivity contribution in [2.45, 2.75) is 25.3 Å². The Morgan fingerprint density at radius 2 is 1.84 bits per heavy atom. The predicted octanol–water partition coefficient (Wildman–Crippen LogP) is 4.34. The molecule has 1 saturated heterocycles. The Kier molecular flexibility index (Phi) is 7.57. The molecule has 4 rings (SSSR count). The zero-order chi connectivity index (χ0) is 22.3. The summed E-state index contributed by atoms with van der Waals surface area (Å²) >= 11 is 1.52. The molecule has 3 aromatic rings. The summed E-state index contributed by atoms with van der Waals surface area (Å²) in [5.74, 6) is 0.724. The van der Waals surface area contributed by atoms with Crippen LogP contribution < -0.4 is 9.47 Å². The molecule has 0 bridgehead atoms. The van der Waals surface area contributed by atoms with Crippen LogP contribution in [0.4, 0.5) is 0 Å². The van der Waals surface area contributed by atoms with Gasteiger partial charge in [0, 0.05) is 19.1 Å². The summed E-state index contributed by atoms with van der Waals surface area (Å²) in [4.78, 5) is 20.1. The molecule has 0 saturated carbocycles. The van der Waals surface area contributed by atoms with Gasteiger partial charge in [-0.2, -0.15) is 0 Å². The molecule has 32 heavy (non-hydrogen) atoms. The van der Waals surface area contributed by atoms with Gasteiger partial charge >= 0.3 is 5.97 Å². The quantitative estimate of drug-likeness (QED) is 0.487. The Hall–Kier alpha value is -2.68. The standard InChI is InChI=1S/C24H29N3O4S/c1-26-13-10-18(11-14-26)27(15-12-23(28)29)16-17-30-19-6-8-20(9-7-19)31-24-25-21-4-2-3-5-22(21)32-24/h2-9,18H,10-17H2,1H3,(H,28,29). The highest BCUT2D eigenvalue weighted by atomic mass is 32.1. The number of rotatable bonds is 10. The van der Waals surface area contributed by atoms with Crippen LogP contribution >= 0.6 is 11.3 Å². The average Bonchev–Trinajstić information content (AvgIpc) is 3.20. The molecule has 2 aromatic carbocycles. The van der Waals surface area contributed by atoms with E-state index in [0.29, 0.717) is 36.7 Å². The summed E-state index contributed by atoms with van der Waals surface area (Å²) in [5, 5.41) is 9.72. The molecule has 0 aliphatic carbocycles. The van der Waals surface area contributed by atoms with Crippen molar-refractivity contribution < 1.29 is 19.4 Å². The summed E-state index contributed by atoms with van der Waals surface area (Å²) in [6.07, 6.45) is 2.28. The van der Waals surface area contributed by atoms with E-state index in [-0.39, 0.29) is 6.42 Å². The lowest BCUT2D eigenvalue weighted by Gasteiger charge is -2.37. The number of carboxylic acids is 1. The number of ether oxygens (including phenoxy) is 2. The third kappa shape index (κ3) is 6.18. The lowest BCUT2D eigenvalue weighted by Crippen LogP contribution is -2.45. The lowest BCUT2D eigenvalue weighted by atomic mass is 10.0. The molecule has 1 aromatic heterocycles. The summed E-state index contributed by atoms with van der Waals surface area (Å²) in [7, 11) is 2.13. The smallest absolute Gasteiger partial charge is 0.304 e. The van der Waals surface area contributed by atoms with Gasteiger partial charge in [0.15, 0.2) is 0 Å². The maximum absolute atomic E-state index is 11.1. The first-order valence-electron chi connectivity index (χ1n) is 11.0. The second kappa shape index (κ2) is 10.8. The largest absolute Gasteiger partial charge is 0.492 e. The fourth-order valence-electron chi connectivity index (χ4n) is 3.96. The molecule has 0 unspecified atom stereocenters. The maximum Gasteiger partial charge on any atom is 0.304 e. The number of aliphatic carboxylic acids is 1. The normalized spacial score (nSPS) is 15.3. The SMILES string of the molecule is CN1CCC(N(CCOc2ccc(Oc3nc4ccccc4s3)cc2)CCC(=O)O)CC1. The number of para-hydroxylation sites is 1. The molecule has 170 valence electrons. The first-order chi connectivity index (χ1) is 15.6. The lowest BCUT2D eigenvalue weighted by molar-refractivity contribution is -0.137. The number of hydrogen-bond donors (Lipinski definition) is 1. The number of aromatic nitrogens is 1. The molecular weight excluding hydrogens is 426 g/mol. The predicted molar refractivity (Wildman–Crippen MR) is 126 cm³/mol. The number of carbonyl (C=O) groups is 1. The van der Waals surface area contributed by atoms with Crippen molar-refractivity contribution >= 4 is 27.5 Å². The fraction of sp³-hybridized carbons (Fsp3) is 0.417. The van der Waals surface area contributed by atoms with Crippen LogP contribution in [0.3, 0.4) is 0 Å². The van der Waals surface area contributed by atoms with Gasteiger partial charge in [0.05, 0.1) is 16.6 Å². The zero-order valence-corrected chi connectivity index (χ0v) is 19.1. The van der Waals surface area contributed by atoms with Crippen LogP contribution in [0.5, 0.6) is 16.7 Å². The second-order valence-electron chi connectivity index (χ2n) is 8.08. The molecule has 8 heteroatoms. The number of likely N-dealkylation sites (tertiary alicyclic amines) is 1. The third-order valence-corrected chi connectivity index (χ3v) is 6.68. The Bertz CT molecular complexity index is 983. The molecule has 0 atom stereocenters. The highest BCUT2D eigenvalue weighted by Crippen LogP contribution is 2.31. The minimum Gasteiger partial charge on any atom is -0.492 e. The summed E-state index contributed by atoms with van der Waals surface area (Å²) in [6, 6.07) is 15.9. The van der Waals surface area contributed by atoms with Crippen molar-refractivity contribution in [1.29, 1.82) is 0 Å². The zero-order valence-electron chi connectivity index (χ0n) is 18.3. The van der Waals surface area contributed by atoms with E-state index in [4.69, 9.17) is 14.6 Å². The van der Waals surface area contributed by atoms with Crippen LogP contribution in [0.1, 0.15) is 19.3 Å². The molecule has 0 amide bonds. The summed E-state index contributed by atoms with van der Waals surface area (Å²) < 4.78 is 12.9. The van der Waals surface area contributed by atoms with Crippen molar-refractivity contribution in [3.05, 3.63) is 48.5 Å². The molecule has 1 N–H and O–H groups in total. The highest BCUT2D eigenvalue weighted by Gasteiger charge is 2.23. The van der Waals surface area contributed by atoms with E-state index in [1.54, 1.807) is 0 Å². The second-order valence-corrected chi connectivity index (χ2v) is 9.08. The number of carboxylic acid groups (broad SMARTS) is 1. The molecule has 0 radical (unpaired) electrons. The number of benzene rings is 2. The number of thiazole rings is 1. The van der Waals surface area contributed by atoms with E-state index < -0.39 is 5.97 Å². The van der Waals surface area contributed by atoms with Crippen LogP contribution in [0.25, 0.3) is 10.2 Å². The number of piperidine rings is 1. The average molecular weight is 456 g/mol. The van der Waals surface area contributed by atoms with Gasteiger partial charge in [-0.1, -0.05) is 23.5 Å². The van der Waals surface area contributed by atoms with Gasteiger partial charge in [0.1, 0.15) is 18.1 Å². The first kappa shape index (κ1) is 22.5. The Morgan fingerprint density at radius 3 is 2.56 bits per heavy atom. The fourth-order valence-corrected chi connectivity index (χ4v) is 4.79. The molecule has 7 nitrogen and oxygen atoms in total. The van der Waals surface area contributed by atoms with Gasteiger partial charge in [0.2, 0.25) is 0 Å². The van der Waals surface area contributed by atoms with E-state index in [0.717, 1.165) is 41.9 Å². The Balaban J connectivity index is 1.28. The van der Waals surface area contributed by atoms with Crippen molar-refractivity contribution in [2.75, 3.05) is 39.8 Å². The first-order valence-corrected chi connectivity index (χ1v) is 11.8. The van der Waals surface area contributed by atoms with E-state index in [1.807, 2.05) is 48.5 Å². The van der Waals surface area contributed by atoms with Crippen molar-refractivity contribution in [3.8, 4) is 16.7 Å². The molecule has 1 aliphatic rings. The van der Waals surface area contributed by atoms with E-state index >= 15 is 0 Å². The van der Waals surface area contributed by atoms with Crippen molar-refractivity contribution in [2.24, 2.45) is 0 Å². The molecule has 2 heterocycles. The minimum absolute atomic E-state index is 0.157. The van der Waals surface area contributed by atoms with Crippen LogP contribution in [0.15, 0.2) is 48.5 Å². The van der Waals surface area contributed by atoms with Gasteiger partial charge in [-0.25, -0.2) is 4.98 Å². The molecule has 1 aliphatic heterocycles. The van der Waals surface area contributed by atoms with Gasteiger partial charge < -0.3 is 19.5 Å². The number of hydrogen-bond acceptors (Lipinski definition) is 7. The summed E-state index contributed by atoms with van der Waals surface area (Å²) in [6.45, 7) is 3.88.